The van der Waals surface area contributed by atoms with Gasteiger partial charge >= 0.3 is 0 Å². The van der Waals surface area contributed by atoms with E-state index in [0.717, 1.165) is 24.3 Å². The number of hydrogen-bond acceptors (Lipinski definition) is 5. The van der Waals surface area contributed by atoms with Gasteiger partial charge in [0, 0.05) is 54.8 Å². The van der Waals surface area contributed by atoms with Crippen molar-refractivity contribution in [2.24, 2.45) is 0 Å². The van der Waals surface area contributed by atoms with Gasteiger partial charge in [0.1, 0.15) is 5.69 Å². The molecule has 1 aliphatic rings. The highest BCUT2D eigenvalue weighted by atomic mass is 35.5. The Morgan fingerprint density at radius 1 is 0.939 bits per heavy atom. The number of aryl methyl sites for hydroxylation is 1. The SMILES string of the molecule is Cc1cccc(N2CCN(C(=O)c3nnn(-c4ccc(Cl)cc4)c3-c3cccnc3)CC2)c1. The Morgan fingerprint density at radius 2 is 1.73 bits per heavy atom. The molecule has 0 spiro atoms. The molecular weight excluding hydrogens is 436 g/mol. The van der Waals surface area contributed by atoms with Crippen molar-refractivity contribution in [2.75, 3.05) is 31.1 Å². The van der Waals surface area contributed by atoms with E-state index in [1.165, 1.54) is 11.3 Å². The van der Waals surface area contributed by atoms with Crippen LogP contribution in [0.15, 0.2) is 73.1 Å². The Morgan fingerprint density at radius 3 is 2.42 bits per heavy atom. The van der Waals surface area contributed by atoms with Crippen molar-refractivity contribution >= 4 is 23.2 Å². The van der Waals surface area contributed by atoms with Crippen molar-refractivity contribution in [1.82, 2.24) is 24.9 Å². The van der Waals surface area contributed by atoms with E-state index in [4.69, 9.17) is 11.6 Å². The molecule has 2 aromatic heterocycles. The van der Waals surface area contributed by atoms with Gasteiger partial charge in [-0.2, -0.15) is 0 Å². The number of amides is 1. The Bertz CT molecular complexity index is 1260. The van der Waals surface area contributed by atoms with Gasteiger partial charge in [-0.1, -0.05) is 28.9 Å². The summed E-state index contributed by atoms with van der Waals surface area (Å²) in [5, 5.41) is 9.25. The predicted molar refractivity (Wildman–Crippen MR) is 129 cm³/mol. The minimum atomic E-state index is -0.127. The van der Waals surface area contributed by atoms with Gasteiger partial charge in [-0.25, -0.2) is 4.68 Å². The average molecular weight is 459 g/mol. The third-order valence-corrected chi connectivity index (χ3v) is 6.06. The molecule has 4 aromatic rings. The summed E-state index contributed by atoms with van der Waals surface area (Å²) in [5.41, 5.74) is 4.91. The van der Waals surface area contributed by atoms with E-state index in [9.17, 15) is 4.79 Å². The van der Waals surface area contributed by atoms with Crippen molar-refractivity contribution in [2.45, 2.75) is 6.92 Å². The molecule has 1 aliphatic heterocycles. The quantitative estimate of drug-likeness (QED) is 0.457. The maximum absolute atomic E-state index is 13.5. The minimum Gasteiger partial charge on any atom is -0.368 e. The molecule has 5 rings (SSSR count). The molecule has 7 nitrogen and oxygen atoms in total. The fourth-order valence-electron chi connectivity index (χ4n) is 4.09. The third kappa shape index (κ3) is 4.32. The number of pyridine rings is 1. The standard InChI is InChI=1S/C25H23ClN6O/c1-18-4-2-6-22(16-18)30-12-14-31(15-13-30)25(33)23-24(19-5-3-11-27-17-19)32(29-28-23)21-9-7-20(26)8-10-21/h2-11,16-17H,12-15H2,1H3. The molecule has 0 N–H and O–H groups in total. The maximum Gasteiger partial charge on any atom is 0.276 e. The highest BCUT2D eigenvalue weighted by Crippen LogP contribution is 2.27. The minimum absolute atomic E-state index is 0.127. The monoisotopic (exact) mass is 458 g/mol. The Labute approximate surface area is 197 Å². The van der Waals surface area contributed by atoms with Gasteiger partial charge < -0.3 is 9.80 Å². The lowest BCUT2D eigenvalue weighted by Crippen LogP contribution is -2.49. The second-order valence-corrected chi connectivity index (χ2v) is 8.47. The van der Waals surface area contributed by atoms with Crippen LogP contribution in [0, 0.1) is 6.92 Å². The Hall–Kier alpha value is -3.71. The number of piperazine rings is 1. The van der Waals surface area contributed by atoms with Crippen molar-refractivity contribution in [3.63, 3.8) is 0 Å². The molecule has 0 aliphatic carbocycles. The average Bonchev–Trinajstić information content (AvgIpc) is 3.30. The lowest BCUT2D eigenvalue weighted by atomic mass is 10.1. The number of carbonyl (C=O) groups is 1. The maximum atomic E-state index is 13.5. The number of halogens is 1. The molecule has 1 saturated heterocycles. The summed E-state index contributed by atoms with van der Waals surface area (Å²) in [6, 6.07) is 19.5. The second kappa shape index (κ2) is 9.03. The van der Waals surface area contributed by atoms with Crippen LogP contribution in [0.3, 0.4) is 0 Å². The highest BCUT2D eigenvalue weighted by molar-refractivity contribution is 6.30. The summed E-state index contributed by atoms with van der Waals surface area (Å²) < 4.78 is 1.67. The highest BCUT2D eigenvalue weighted by Gasteiger charge is 2.29. The number of aromatic nitrogens is 4. The largest absolute Gasteiger partial charge is 0.368 e. The molecule has 1 amide bonds. The molecule has 33 heavy (non-hydrogen) atoms. The summed E-state index contributed by atoms with van der Waals surface area (Å²) in [6.07, 6.45) is 3.42. The van der Waals surface area contributed by atoms with Gasteiger partial charge in [0.2, 0.25) is 0 Å². The van der Waals surface area contributed by atoms with Gasteiger partial charge in [0.15, 0.2) is 5.69 Å². The van der Waals surface area contributed by atoms with Crippen molar-refractivity contribution in [1.29, 1.82) is 0 Å². The second-order valence-electron chi connectivity index (χ2n) is 8.03. The molecule has 2 aromatic carbocycles. The van der Waals surface area contributed by atoms with E-state index < -0.39 is 0 Å². The summed E-state index contributed by atoms with van der Waals surface area (Å²) in [7, 11) is 0. The molecule has 1 fully saturated rings. The van der Waals surface area contributed by atoms with E-state index >= 15 is 0 Å². The molecule has 0 unspecified atom stereocenters. The van der Waals surface area contributed by atoms with Crippen LogP contribution in [0.2, 0.25) is 5.02 Å². The van der Waals surface area contributed by atoms with Crippen LogP contribution in [0.4, 0.5) is 5.69 Å². The fraction of sp³-hybridized carbons (Fsp3) is 0.200. The zero-order valence-corrected chi connectivity index (χ0v) is 19.0. The molecular formula is C25H23ClN6O. The van der Waals surface area contributed by atoms with E-state index in [1.54, 1.807) is 29.2 Å². The lowest BCUT2D eigenvalue weighted by Gasteiger charge is -2.36. The van der Waals surface area contributed by atoms with Gasteiger partial charge in [0.25, 0.3) is 5.91 Å². The van der Waals surface area contributed by atoms with E-state index in [2.05, 4.69) is 51.4 Å². The summed E-state index contributed by atoms with van der Waals surface area (Å²) >= 11 is 6.06. The topological polar surface area (TPSA) is 67.2 Å². The number of nitrogens with zero attached hydrogens (tertiary/aromatic N) is 6. The number of hydrogen-bond donors (Lipinski definition) is 0. The zero-order chi connectivity index (χ0) is 22.8. The van der Waals surface area contributed by atoms with Crippen LogP contribution in [0.25, 0.3) is 16.9 Å². The first-order valence-electron chi connectivity index (χ1n) is 10.8. The molecule has 166 valence electrons. The summed E-state index contributed by atoms with van der Waals surface area (Å²) in [6.45, 7) is 4.86. The van der Waals surface area contributed by atoms with Crippen LogP contribution >= 0.6 is 11.6 Å². The lowest BCUT2D eigenvalue weighted by molar-refractivity contribution is 0.0741. The molecule has 0 radical (unpaired) electrons. The molecule has 8 heteroatoms. The predicted octanol–water partition coefficient (Wildman–Crippen LogP) is 4.25. The Balaban J connectivity index is 1.43. The molecule has 0 bridgehead atoms. The van der Waals surface area contributed by atoms with Crippen LogP contribution in [0.5, 0.6) is 0 Å². The normalized spacial score (nSPS) is 13.9. The van der Waals surface area contributed by atoms with Crippen molar-refractivity contribution in [3.8, 4) is 16.9 Å². The van der Waals surface area contributed by atoms with Crippen molar-refractivity contribution < 1.29 is 4.79 Å². The van der Waals surface area contributed by atoms with E-state index in [1.807, 2.05) is 29.2 Å². The van der Waals surface area contributed by atoms with Crippen molar-refractivity contribution in [3.05, 3.63) is 89.3 Å². The first-order chi connectivity index (χ1) is 16.1. The fourth-order valence-corrected chi connectivity index (χ4v) is 4.22. The number of benzene rings is 2. The van der Waals surface area contributed by atoms with Crippen LogP contribution in [0.1, 0.15) is 16.1 Å². The van der Waals surface area contributed by atoms with Crippen LogP contribution in [-0.2, 0) is 0 Å². The van der Waals surface area contributed by atoms with E-state index in [-0.39, 0.29) is 5.91 Å². The van der Waals surface area contributed by atoms with E-state index in [0.29, 0.717) is 29.5 Å². The molecule has 0 saturated carbocycles. The molecule has 3 heterocycles. The number of carbonyl (C=O) groups excluding carboxylic acids is 1. The Kier molecular flexibility index (Phi) is 5.79. The first kappa shape index (κ1) is 21.2. The third-order valence-electron chi connectivity index (χ3n) is 5.81. The van der Waals surface area contributed by atoms with Gasteiger partial charge in [0.05, 0.1) is 5.69 Å². The number of rotatable bonds is 4. The van der Waals surface area contributed by atoms with Crippen LogP contribution < -0.4 is 4.90 Å². The summed E-state index contributed by atoms with van der Waals surface area (Å²) in [4.78, 5) is 21.9. The zero-order valence-electron chi connectivity index (χ0n) is 18.2. The molecule has 0 atom stereocenters. The van der Waals surface area contributed by atoms with Crippen LogP contribution in [-0.4, -0.2) is 57.0 Å². The van der Waals surface area contributed by atoms with Gasteiger partial charge in [-0.05, 0) is 61.0 Å². The number of anilines is 1. The summed E-state index contributed by atoms with van der Waals surface area (Å²) in [5.74, 6) is -0.127. The first-order valence-corrected chi connectivity index (χ1v) is 11.2. The smallest absolute Gasteiger partial charge is 0.276 e. The van der Waals surface area contributed by atoms with Gasteiger partial charge in [-0.3, -0.25) is 9.78 Å². The van der Waals surface area contributed by atoms with Gasteiger partial charge in [-0.15, -0.1) is 5.10 Å².